The number of carbonyl (C=O) groups is 2. The molecule has 22 heavy (non-hydrogen) atoms. The van der Waals surface area contributed by atoms with E-state index in [1.165, 1.54) is 0 Å². The maximum absolute atomic E-state index is 12.3. The van der Waals surface area contributed by atoms with E-state index in [-0.39, 0.29) is 17.8 Å². The lowest BCUT2D eigenvalue weighted by atomic mass is 10.1. The van der Waals surface area contributed by atoms with Crippen molar-refractivity contribution in [2.75, 3.05) is 19.0 Å². The van der Waals surface area contributed by atoms with E-state index in [9.17, 15) is 9.59 Å². The summed E-state index contributed by atoms with van der Waals surface area (Å²) in [4.78, 5) is 32.6. The fraction of sp³-hybridized carbons (Fsp3) is 0.800. The highest BCUT2D eigenvalue weighted by atomic mass is 35.5. The molecule has 1 fully saturated rings. The van der Waals surface area contributed by atoms with Crippen LogP contribution in [0.4, 0.5) is 4.79 Å². The summed E-state index contributed by atoms with van der Waals surface area (Å²) in [5.41, 5.74) is 0. The van der Waals surface area contributed by atoms with Gasteiger partial charge < -0.3 is 4.90 Å². The highest BCUT2D eigenvalue weighted by Gasteiger charge is 2.48. The Hall–Kier alpha value is -1.30. The fourth-order valence-corrected chi connectivity index (χ4v) is 3.07. The third-order valence-electron chi connectivity index (χ3n) is 4.13. The molecular formula is C15H25ClN4O2. The topological polar surface area (TPSA) is 65.0 Å². The number of nitrogens with zero attached hydrogens (tertiary/aromatic N) is 3. The molecule has 0 aromatic carbocycles. The number of nitrogens with one attached hydrogen (secondary N) is 1. The molecule has 2 atom stereocenters. The summed E-state index contributed by atoms with van der Waals surface area (Å²) in [6, 6.07) is -0.787. The minimum absolute atomic E-state index is 0.258. The average molecular weight is 329 g/mol. The number of urea groups is 1. The van der Waals surface area contributed by atoms with Crippen LogP contribution in [0.5, 0.6) is 0 Å². The van der Waals surface area contributed by atoms with E-state index < -0.39 is 12.2 Å². The lowest BCUT2D eigenvalue weighted by Crippen LogP contribution is -2.65. The Labute approximate surface area is 136 Å². The SMILES string of the molecule is CCCCN1C(=O)NC(=O)C2C1N=C(CCl)N2CCC(C)C. The number of imide groups is 1. The molecule has 0 aliphatic carbocycles. The predicted molar refractivity (Wildman–Crippen MR) is 87.0 cm³/mol. The maximum atomic E-state index is 12.3. The van der Waals surface area contributed by atoms with E-state index in [0.717, 1.165) is 25.8 Å². The Morgan fingerprint density at radius 2 is 2.00 bits per heavy atom. The van der Waals surface area contributed by atoms with Crippen molar-refractivity contribution in [3.63, 3.8) is 0 Å². The molecule has 3 amide bonds. The molecule has 2 rings (SSSR count). The maximum Gasteiger partial charge on any atom is 0.325 e. The molecule has 1 saturated heterocycles. The van der Waals surface area contributed by atoms with Gasteiger partial charge in [0.05, 0.1) is 5.88 Å². The molecule has 1 N–H and O–H groups in total. The van der Waals surface area contributed by atoms with Gasteiger partial charge in [-0.1, -0.05) is 27.2 Å². The standard InChI is InChI=1S/C15H25ClN4O2/c1-4-5-7-20-13-12(14(21)18-15(20)22)19(8-6-10(2)3)11(9-16)17-13/h10,12-13H,4-9H2,1-3H3,(H,18,21,22). The summed E-state index contributed by atoms with van der Waals surface area (Å²) in [5.74, 6) is 1.23. The zero-order chi connectivity index (χ0) is 16.3. The first-order valence-electron chi connectivity index (χ1n) is 8.00. The van der Waals surface area contributed by atoms with Gasteiger partial charge in [0.2, 0.25) is 0 Å². The van der Waals surface area contributed by atoms with Gasteiger partial charge in [-0.25, -0.2) is 9.79 Å². The zero-order valence-corrected chi connectivity index (χ0v) is 14.3. The minimum Gasteiger partial charge on any atom is -0.344 e. The van der Waals surface area contributed by atoms with Gasteiger partial charge in [0.25, 0.3) is 5.91 Å². The molecule has 0 aromatic heterocycles. The van der Waals surface area contributed by atoms with E-state index in [2.05, 4.69) is 31.1 Å². The molecule has 0 spiro atoms. The minimum atomic E-state index is -0.443. The molecule has 124 valence electrons. The van der Waals surface area contributed by atoms with Crippen LogP contribution in [0.3, 0.4) is 0 Å². The first-order valence-corrected chi connectivity index (χ1v) is 8.53. The van der Waals surface area contributed by atoms with Crippen LogP contribution in [0.1, 0.15) is 40.0 Å². The number of hydrogen-bond acceptors (Lipinski definition) is 4. The van der Waals surface area contributed by atoms with Crippen molar-refractivity contribution < 1.29 is 9.59 Å². The normalized spacial score (nSPS) is 24.7. The molecule has 2 heterocycles. The lowest BCUT2D eigenvalue weighted by Gasteiger charge is -2.38. The summed E-state index contributed by atoms with van der Waals surface area (Å²) in [5, 5.41) is 2.46. The molecule has 0 bridgehead atoms. The van der Waals surface area contributed by atoms with E-state index in [1.54, 1.807) is 4.90 Å². The van der Waals surface area contributed by atoms with Crippen molar-refractivity contribution in [1.29, 1.82) is 0 Å². The van der Waals surface area contributed by atoms with Gasteiger partial charge in [-0.2, -0.15) is 0 Å². The highest BCUT2D eigenvalue weighted by molar-refractivity contribution is 6.28. The summed E-state index contributed by atoms with van der Waals surface area (Å²) in [6.45, 7) is 7.69. The quantitative estimate of drug-likeness (QED) is 0.727. The lowest BCUT2D eigenvalue weighted by molar-refractivity contribution is -0.127. The Kier molecular flexibility index (Phi) is 5.67. The third-order valence-corrected chi connectivity index (χ3v) is 4.37. The number of carbonyl (C=O) groups excluding carboxylic acids is 2. The zero-order valence-electron chi connectivity index (χ0n) is 13.5. The summed E-state index contributed by atoms with van der Waals surface area (Å²) in [7, 11) is 0. The monoisotopic (exact) mass is 328 g/mol. The Bertz CT molecular complexity index is 466. The fourth-order valence-electron chi connectivity index (χ4n) is 2.85. The van der Waals surface area contributed by atoms with Gasteiger partial charge in [0, 0.05) is 13.1 Å². The molecule has 0 aromatic rings. The van der Waals surface area contributed by atoms with Crippen LogP contribution < -0.4 is 5.32 Å². The number of halogens is 1. The number of amides is 3. The predicted octanol–water partition coefficient (Wildman–Crippen LogP) is 2.03. The Morgan fingerprint density at radius 1 is 1.27 bits per heavy atom. The molecule has 6 nitrogen and oxygen atoms in total. The highest BCUT2D eigenvalue weighted by Crippen LogP contribution is 2.26. The molecule has 2 aliphatic rings. The van der Waals surface area contributed by atoms with E-state index in [4.69, 9.17) is 11.6 Å². The van der Waals surface area contributed by atoms with Crippen molar-refractivity contribution in [1.82, 2.24) is 15.1 Å². The Balaban J connectivity index is 2.21. The second-order valence-electron chi connectivity index (χ2n) is 6.25. The molecule has 2 aliphatic heterocycles. The number of rotatable bonds is 7. The molecule has 0 saturated carbocycles. The second kappa shape index (κ2) is 7.31. The van der Waals surface area contributed by atoms with Crippen LogP contribution in [0, 0.1) is 5.92 Å². The first kappa shape index (κ1) is 17.1. The van der Waals surface area contributed by atoms with Crippen LogP contribution >= 0.6 is 11.6 Å². The first-order chi connectivity index (χ1) is 10.5. The van der Waals surface area contributed by atoms with Gasteiger partial charge in [0.15, 0.2) is 12.2 Å². The second-order valence-corrected chi connectivity index (χ2v) is 6.52. The van der Waals surface area contributed by atoms with Crippen molar-refractivity contribution in [2.45, 2.75) is 52.2 Å². The van der Waals surface area contributed by atoms with Crippen LogP contribution in [-0.4, -0.2) is 58.8 Å². The number of hydrogen-bond donors (Lipinski definition) is 1. The molecule has 7 heteroatoms. The van der Waals surface area contributed by atoms with E-state index in [0.29, 0.717) is 18.3 Å². The van der Waals surface area contributed by atoms with Gasteiger partial charge >= 0.3 is 6.03 Å². The number of unbranched alkanes of at least 4 members (excludes halogenated alkanes) is 1. The smallest absolute Gasteiger partial charge is 0.325 e. The Morgan fingerprint density at radius 3 is 2.59 bits per heavy atom. The number of alkyl halides is 1. The third kappa shape index (κ3) is 3.37. The van der Waals surface area contributed by atoms with Crippen molar-refractivity contribution in [3.8, 4) is 0 Å². The van der Waals surface area contributed by atoms with Crippen molar-refractivity contribution in [3.05, 3.63) is 0 Å². The van der Waals surface area contributed by atoms with Gasteiger partial charge in [-0.05, 0) is 18.8 Å². The van der Waals surface area contributed by atoms with E-state index >= 15 is 0 Å². The van der Waals surface area contributed by atoms with Crippen molar-refractivity contribution >= 4 is 29.4 Å². The summed E-state index contributed by atoms with van der Waals surface area (Å²) < 4.78 is 0. The number of fused-ring (bicyclic) bond motifs is 1. The molecular weight excluding hydrogens is 304 g/mol. The van der Waals surface area contributed by atoms with Crippen LogP contribution in [0.2, 0.25) is 0 Å². The average Bonchev–Trinajstić information content (AvgIpc) is 2.83. The van der Waals surface area contributed by atoms with Crippen LogP contribution in [0.15, 0.2) is 4.99 Å². The van der Waals surface area contributed by atoms with Gasteiger partial charge in [-0.3, -0.25) is 15.0 Å². The summed E-state index contributed by atoms with van der Waals surface area (Å²) >= 11 is 6.01. The number of amidine groups is 1. The van der Waals surface area contributed by atoms with Crippen LogP contribution in [-0.2, 0) is 4.79 Å². The molecule has 2 unspecified atom stereocenters. The largest absolute Gasteiger partial charge is 0.344 e. The van der Waals surface area contributed by atoms with Crippen LogP contribution in [0.25, 0.3) is 0 Å². The van der Waals surface area contributed by atoms with Crippen molar-refractivity contribution in [2.24, 2.45) is 10.9 Å². The number of aliphatic imine (C=N–C) groups is 1. The molecule has 0 radical (unpaired) electrons. The van der Waals surface area contributed by atoms with Gasteiger partial charge in [-0.15, -0.1) is 11.6 Å². The summed E-state index contributed by atoms with van der Waals surface area (Å²) in [6.07, 6.45) is 2.39. The van der Waals surface area contributed by atoms with E-state index in [1.807, 2.05) is 4.90 Å². The van der Waals surface area contributed by atoms with Gasteiger partial charge in [0.1, 0.15) is 5.84 Å².